The van der Waals surface area contributed by atoms with Gasteiger partial charge < -0.3 is 0 Å². The van der Waals surface area contributed by atoms with Crippen molar-refractivity contribution in [2.24, 2.45) is 0 Å². The maximum absolute atomic E-state index is 5.30. The Labute approximate surface area is 319 Å². The summed E-state index contributed by atoms with van der Waals surface area (Å²) in [5, 5.41) is 4.58. The van der Waals surface area contributed by atoms with E-state index in [1.54, 1.807) is 0 Å². The summed E-state index contributed by atoms with van der Waals surface area (Å²) < 4.78 is 0. The molecule has 0 fully saturated rings. The number of pyridine rings is 3. The monoisotopic (exact) mass is 699 g/mol. The van der Waals surface area contributed by atoms with Gasteiger partial charge in [-0.2, -0.15) is 0 Å². The van der Waals surface area contributed by atoms with E-state index in [9.17, 15) is 0 Å². The molecule has 1 unspecified atom stereocenters. The van der Waals surface area contributed by atoms with Crippen LogP contribution in [0.3, 0.4) is 0 Å². The molecule has 55 heavy (non-hydrogen) atoms. The first-order valence-corrected chi connectivity index (χ1v) is 18.7. The molecular formula is C52H33N3. The van der Waals surface area contributed by atoms with Crippen molar-refractivity contribution in [1.82, 2.24) is 15.0 Å². The van der Waals surface area contributed by atoms with Crippen molar-refractivity contribution >= 4 is 32.6 Å². The highest BCUT2D eigenvalue weighted by Gasteiger charge is 2.46. The molecule has 3 heteroatoms. The lowest BCUT2D eigenvalue weighted by Gasteiger charge is -2.33. The van der Waals surface area contributed by atoms with E-state index in [2.05, 4.69) is 187 Å². The van der Waals surface area contributed by atoms with Crippen LogP contribution in [0.1, 0.15) is 22.3 Å². The van der Waals surface area contributed by atoms with Crippen LogP contribution in [-0.4, -0.2) is 15.0 Å². The third-order valence-electron chi connectivity index (χ3n) is 11.4. The van der Waals surface area contributed by atoms with Gasteiger partial charge in [-0.05, 0) is 91.7 Å². The summed E-state index contributed by atoms with van der Waals surface area (Å²) in [6.07, 6.45) is 3.88. The smallest absolute Gasteiger partial charge is 0.0972 e. The summed E-state index contributed by atoms with van der Waals surface area (Å²) in [5.41, 5.74) is 15.1. The van der Waals surface area contributed by atoms with Crippen molar-refractivity contribution in [3.63, 3.8) is 0 Å². The van der Waals surface area contributed by atoms with Gasteiger partial charge in [0.15, 0.2) is 0 Å². The van der Waals surface area contributed by atoms with E-state index in [1.165, 1.54) is 44.2 Å². The van der Waals surface area contributed by atoms with Gasteiger partial charge in [0, 0.05) is 34.3 Å². The van der Waals surface area contributed by atoms with Gasteiger partial charge in [0.25, 0.3) is 0 Å². The fourth-order valence-corrected chi connectivity index (χ4v) is 8.82. The third-order valence-corrected chi connectivity index (χ3v) is 11.4. The van der Waals surface area contributed by atoms with Crippen LogP contribution in [0.15, 0.2) is 200 Å². The van der Waals surface area contributed by atoms with E-state index in [1.807, 2.05) is 18.5 Å². The molecule has 3 heterocycles. The zero-order valence-corrected chi connectivity index (χ0v) is 29.9. The largest absolute Gasteiger partial charge is 0.264 e. The van der Waals surface area contributed by atoms with Crippen LogP contribution in [0.2, 0.25) is 0 Å². The Morgan fingerprint density at radius 1 is 0.345 bits per heavy atom. The second kappa shape index (κ2) is 12.4. The Morgan fingerprint density at radius 2 is 0.945 bits per heavy atom. The molecule has 0 saturated heterocycles. The van der Waals surface area contributed by atoms with E-state index in [0.29, 0.717) is 0 Å². The normalized spacial score (nSPS) is 14.6. The molecule has 0 bridgehead atoms. The first-order chi connectivity index (χ1) is 27.2. The van der Waals surface area contributed by atoms with Gasteiger partial charge in [-0.3, -0.25) is 4.98 Å². The van der Waals surface area contributed by atoms with E-state index in [4.69, 9.17) is 9.97 Å². The highest BCUT2D eigenvalue weighted by Crippen LogP contribution is 2.56. The van der Waals surface area contributed by atoms with Gasteiger partial charge in [-0.25, -0.2) is 9.97 Å². The fourth-order valence-electron chi connectivity index (χ4n) is 8.82. The van der Waals surface area contributed by atoms with Crippen molar-refractivity contribution in [1.29, 1.82) is 0 Å². The van der Waals surface area contributed by atoms with Crippen LogP contribution < -0.4 is 0 Å². The van der Waals surface area contributed by atoms with Crippen LogP contribution in [0, 0.1) is 0 Å². The Hall–Kier alpha value is -7.23. The summed E-state index contributed by atoms with van der Waals surface area (Å²) in [7, 11) is 0. The molecule has 0 saturated carbocycles. The third kappa shape index (κ3) is 4.94. The zero-order chi connectivity index (χ0) is 36.3. The fraction of sp³-hybridized carbons (Fsp3) is 0.0192. The molecule has 0 N–H and O–H groups in total. The van der Waals surface area contributed by atoms with Crippen molar-refractivity contribution in [2.45, 2.75) is 5.41 Å². The van der Waals surface area contributed by atoms with Gasteiger partial charge in [-0.1, -0.05) is 152 Å². The van der Waals surface area contributed by atoms with Crippen LogP contribution in [0.25, 0.3) is 77.3 Å². The predicted molar refractivity (Wildman–Crippen MR) is 226 cm³/mol. The number of benzene rings is 7. The molecule has 1 aliphatic rings. The summed E-state index contributed by atoms with van der Waals surface area (Å²) >= 11 is 0. The predicted octanol–water partition coefficient (Wildman–Crippen LogP) is 12.7. The molecule has 0 radical (unpaired) electrons. The Balaban J connectivity index is 1.02. The van der Waals surface area contributed by atoms with Gasteiger partial charge in [0.1, 0.15) is 0 Å². The number of fused-ring (bicyclic) bond motifs is 7. The second-order valence-electron chi connectivity index (χ2n) is 14.4. The highest BCUT2D eigenvalue weighted by atomic mass is 14.8. The Morgan fingerprint density at radius 3 is 1.73 bits per heavy atom. The lowest BCUT2D eigenvalue weighted by atomic mass is 9.68. The Kier molecular flexibility index (Phi) is 7.08. The number of hydrogen-bond donors (Lipinski definition) is 0. The SMILES string of the molecule is c1ccc(C2(c3cccnc3)c3ccccc3-c3cc(-c4cccc(-c5ccc6ccc7ccc(-c8ccc9ccccc9c8)nc7c6n5)c4)ccc32)cc1. The molecule has 1 aliphatic carbocycles. The maximum atomic E-state index is 5.30. The van der Waals surface area contributed by atoms with Gasteiger partial charge in [0.05, 0.1) is 27.8 Å². The van der Waals surface area contributed by atoms with Gasteiger partial charge >= 0.3 is 0 Å². The molecule has 1 atom stereocenters. The molecule has 11 rings (SSSR count). The van der Waals surface area contributed by atoms with Gasteiger partial charge in [-0.15, -0.1) is 0 Å². The molecule has 3 nitrogen and oxygen atoms in total. The van der Waals surface area contributed by atoms with Crippen LogP contribution in [-0.2, 0) is 5.41 Å². The molecule has 0 amide bonds. The molecule has 0 spiro atoms. The van der Waals surface area contributed by atoms with E-state index in [0.717, 1.165) is 55.4 Å². The van der Waals surface area contributed by atoms with Crippen molar-refractivity contribution in [3.05, 3.63) is 223 Å². The van der Waals surface area contributed by atoms with E-state index in [-0.39, 0.29) is 0 Å². The molecule has 256 valence electrons. The number of rotatable bonds is 5. The zero-order valence-electron chi connectivity index (χ0n) is 29.9. The van der Waals surface area contributed by atoms with E-state index < -0.39 is 5.41 Å². The minimum atomic E-state index is -0.470. The Bertz CT molecular complexity index is 3060. The summed E-state index contributed by atoms with van der Waals surface area (Å²) in [4.78, 5) is 15.1. The first kappa shape index (κ1) is 31.3. The van der Waals surface area contributed by atoms with Gasteiger partial charge in [0.2, 0.25) is 0 Å². The minimum absolute atomic E-state index is 0.470. The standard InChI is InChI=1S/C52H33N3/c1-2-14-42(15-3-1)52(43-16-9-29-53-33-43)46-18-7-6-17-44(46)45-32-39(23-26-47(45)52)38-12-8-13-40(31-38)48-27-24-35-20-21-36-25-28-49(55-51(36)50(35)54-48)41-22-19-34-10-4-5-11-37(34)30-41/h1-33H. The lowest BCUT2D eigenvalue weighted by molar-refractivity contribution is 0.763. The molecule has 10 aromatic rings. The topological polar surface area (TPSA) is 38.7 Å². The second-order valence-corrected chi connectivity index (χ2v) is 14.4. The molecule has 0 aliphatic heterocycles. The summed E-state index contributed by atoms with van der Waals surface area (Å²) in [6.45, 7) is 0. The maximum Gasteiger partial charge on any atom is 0.0972 e. The highest BCUT2D eigenvalue weighted by molar-refractivity contribution is 6.04. The van der Waals surface area contributed by atoms with Crippen molar-refractivity contribution in [3.8, 4) is 44.8 Å². The van der Waals surface area contributed by atoms with E-state index >= 15 is 0 Å². The van der Waals surface area contributed by atoms with Crippen LogP contribution in [0.5, 0.6) is 0 Å². The molecule has 7 aromatic carbocycles. The number of nitrogens with zero attached hydrogens (tertiary/aromatic N) is 3. The quantitative estimate of drug-likeness (QED) is 0.168. The number of hydrogen-bond acceptors (Lipinski definition) is 3. The van der Waals surface area contributed by atoms with Crippen molar-refractivity contribution in [2.75, 3.05) is 0 Å². The summed E-state index contributed by atoms with van der Waals surface area (Å²) in [6, 6.07) is 67.5. The molecular weight excluding hydrogens is 667 g/mol. The molecule has 3 aromatic heterocycles. The average Bonchev–Trinajstić information content (AvgIpc) is 3.57. The van der Waals surface area contributed by atoms with Crippen LogP contribution >= 0.6 is 0 Å². The average molecular weight is 700 g/mol. The number of aromatic nitrogens is 3. The van der Waals surface area contributed by atoms with Crippen LogP contribution in [0.4, 0.5) is 0 Å². The minimum Gasteiger partial charge on any atom is -0.264 e. The summed E-state index contributed by atoms with van der Waals surface area (Å²) in [5.74, 6) is 0. The first-order valence-electron chi connectivity index (χ1n) is 18.7. The lowest BCUT2D eigenvalue weighted by Crippen LogP contribution is -2.28. The van der Waals surface area contributed by atoms with Crippen molar-refractivity contribution < 1.29 is 0 Å².